The molecule has 0 saturated heterocycles. The van der Waals surface area contributed by atoms with Gasteiger partial charge < -0.3 is 4.98 Å². The maximum atomic E-state index is 5.01. The molecule has 0 spiro atoms. The first-order valence-electron chi connectivity index (χ1n) is 10.4. The first-order chi connectivity index (χ1) is 16.2. The predicted octanol–water partition coefficient (Wildman–Crippen LogP) is 8.02. The standard InChI is InChI=1S/C29H18I2N2/c30-25-16-12-22(13-17-25)27-28(23-14-18-26(31)19-15-23)33-29(32-27)24-10-8-21(9-11-24)7-6-20-4-2-1-3-5-20/h1-5,8-19H,(H,32,33). The summed E-state index contributed by atoms with van der Waals surface area (Å²) in [4.78, 5) is 8.58. The minimum Gasteiger partial charge on any atom is -0.337 e. The lowest BCUT2D eigenvalue weighted by molar-refractivity contribution is 1.31. The molecule has 33 heavy (non-hydrogen) atoms. The smallest absolute Gasteiger partial charge is 0.138 e. The van der Waals surface area contributed by atoms with Gasteiger partial charge in [0.05, 0.1) is 11.4 Å². The van der Waals surface area contributed by atoms with E-state index in [0.29, 0.717) is 0 Å². The summed E-state index contributed by atoms with van der Waals surface area (Å²) >= 11 is 4.66. The van der Waals surface area contributed by atoms with Gasteiger partial charge in [-0.2, -0.15) is 0 Å². The quantitative estimate of drug-likeness (QED) is 0.156. The maximum Gasteiger partial charge on any atom is 0.138 e. The van der Waals surface area contributed by atoms with Gasteiger partial charge in [0.15, 0.2) is 0 Å². The predicted molar refractivity (Wildman–Crippen MR) is 153 cm³/mol. The van der Waals surface area contributed by atoms with Crippen LogP contribution >= 0.6 is 45.2 Å². The van der Waals surface area contributed by atoms with E-state index in [0.717, 1.165) is 45.0 Å². The van der Waals surface area contributed by atoms with Gasteiger partial charge >= 0.3 is 0 Å². The average Bonchev–Trinajstić information content (AvgIpc) is 3.30. The monoisotopic (exact) mass is 648 g/mol. The molecule has 4 aromatic carbocycles. The first-order valence-corrected chi connectivity index (χ1v) is 12.6. The second-order valence-corrected chi connectivity index (χ2v) is 10.0. The molecule has 0 unspecified atom stereocenters. The largest absolute Gasteiger partial charge is 0.337 e. The van der Waals surface area contributed by atoms with E-state index < -0.39 is 0 Å². The minimum atomic E-state index is 0.847. The van der Waals surface area contributed by atoms with E-state index in [4.69, 9.17) is 4.98 Å². The number of hydrogen-bond donors (Lipinski definition) is 1. The van der Waals surface area contributed by atoms with Gasteiger partial charge in [-0.3, -0.25) is 0 Å². The fourth-order valence-corrected chi connectivity index (χ4v) is 4.25. The van der Waals surface area contributed by atoms with Crippen LogP contribution < -0.4 is 0 Å². The van der Waals surface area contributed by atoms with Crippen LogP contribution in [0.3, 0.4) is 0 Å². The number of hydrogen-bond acceptors (Lipinski definition) is 1. The van der Waals surface area contributed by atoms with E-state index in [1.165, 1.54) is 7.14 Å². The van der Waals surface area contributed by atoms with Gasteiger partial charge in [0.2, 0.25) is 0 Å². The Bertz CT molecular complexity index is 1380. The Morgan fingerprint density at radius 3 is 1.67 bits per heavy atom. The topological polar surface area (TPSA) is 28.7 Å². The number of nitrogens with zero attached hydrogens (tertiary/aromatic N) is 1. The fraction of sp³-hybridized carbons (Fsp3) is 0. The minimum absolute atomic E-state index is 0.847. The Kier molecular flexibility index (Phi) is 6.60. The molecule has 1 N–H and O–H groups in total. The van der Waals surface area contributed by atoms with Gasteiger partial charge in [0, 0.05) is 35.0 Å². The highest BCUT2D eigenvalue weighted by atomic mass is 127. The lowest BCUT2D eigenvalue weighted by Crippen LogP contribution is -1.84. The van der Waals surface area contributed by atoms with Crippen molar-refractivity contribution >= 4 is 45.2 Å². The second-order valence-electron chi connectivity index (χ2n) is 7.52. The van der Waals surface area contributed by atoms with Crippen molar-refractivity contribution < 1.29 is 0 Å². The van der Waals surface area contributed by atoms with Crippen molar-refractivity contribution in [1.82, 2.24) is 9.97 Å². The van der Waals surface area contributed by atoms with Crippen LogP contribution in [0.2, 0.25) is 0 Å². The van der Waals surface area contributed by atoms with Crippen molar-refractivity contribution in [2.45, 2.75) is 0 Å². The Hall–Kier alpha value is -2.89. The van der Waals surface area contributed by atoms with E-state index >= 15 is 0 Å². The zero-order valence-electron chi connectivity index (χ0n) is 17.5. The SMILES string of the molecule is Ic1ccc(-c2nc(-c3ccc(C#Cc4ccccc4)cc3)[nH]c2-c2ccc(I)cc2)cc1. The molecular formula is C29H18I2N2. The summed E-state index contributed by atoms with van der Waals surface area (Å²) in [5, 5.41) is 0. The summed E-state index contributed by atoms with van der Waals surface area (Å²) in [5.41, 5.74) is 7.21. The van der Waals surface area contributed by atoms with Crippen LogP contribution in [0.1, 0.15) is 11.1 Å². The molecule has 0 aliphatic rings. The molecule has 5 rings (SSSR count). The van der Waals surface area contributed by atoms with E-state index in [-0.39, 0.29) is 0 Å². The maximum absolute atomic E-state index is 5.01. The molecule has 0 radical (unpaired) electrons. The van der Waals surface area contributed by atoms with Crippen LogP contribution in [0.25, 0.3) is 33.9 Å². The van der Waals surface area contributed by atoms with Gasteiger partial charge in [-0.15, -0.1) is 0 Å². The van der Waals surface area contributed by atoms with Crippen molar-refractivity contribution in [2.75, 3.05) is 0 Å². The molecule has 158 valence electrons. The molecule has 2 nitrogen and oxygen atoms in total. The van der Waals surface area contributed by atoms with Gasteiger partial charge in [0.1, 0.15) is 5.82 Å². The zero-order chi connectivity index (χ0) is 22.6. The van der Waals surface area contributed by atoms with Crippen molar-refractivity contribution in [3.8, 4) is 45.7 Å². The average molecular weight is 648 g/mol. The van der Waals surface area contributed by atoms with Crippen LogP contribution in [0.4, 0.5) is 0 Å². The Morgan fingerprint density at radius 2 is 1.06 bits per heavy atom. The Labute approximate surface area is 220 Å². The number of nitrogens with one attached hydrogen (secondary N) is 1. The number of halogens is 2. The molecule has 0 aliphatic heterocycles. The van der Waals surface area contributed by atoms with Crippen LogP contribution in [-0.2, 0) is 0 Å². The normalized spacial score (nSPS) is 10.5. The zero-order valence-corrected chi connectivity index (χ0v) is 21.8. The third-order valence-electron chi connectivity index (χ3n) is 5.24. The number of H-pyrrole nitrogens is 1. The summed E-state index contributed by atoms with van der Waals surface area (Å²) in [5.74, 6) is 7.29. The number of aromatic nitrogens is 2. The van der Waals surface area contributed by atoms with Gasteiger partial charge in [-0.05, 0) is 93.7 Å². The molecule has 0 saturated carbocycles. The molecule has 0 amide bonds. The highest BCUT2D eigenvalue weighted by Crippen LogP contribution is 2.33. The molecular weight excluding hydrogens is 630 g/mol. The second kappa shape index (κ2) is 9.94. The van der Waals surface area contributed by atoms with Gasteiger partial charge in [0.25, 0.3) is 0 Å². The van der Waals surface area contributed by atoms with Crippen LogP contribution in [0.15, 0.2) is 103 Å². The third-order valence-corrected chi connectivity index (χ3v) is 6.68. The highest BCUT2D eigenvalue weighted by Gasteiger charge is 2.15. The number of rotatable bonds is 3. The number of imidazole rings is 1. The van der Waals surface area contributed by atoms with E-state index in [2.05, 4.69) is 123 Å². The van der Waals surface area contributed by atoms with Crippen molar-refractivity contribution in [3.05, 3.63) is 121 Å². The summed E-state index contributed by atoms with van der Waals surface area (Å²) in [7, 11) is 0. The van der Waals surface area contributed by atoms with Crippen LogP contribution in [0.5, 0.6) is 0 Å². The van der Waals surface area contributed by atoms with Gasteiger partial charge in [-0.1, -0.05) is 66.4 Å². The first kappa shape index (κ1) is 21.9. The summed E-state index contributed by atoms with van der Waals surface area (Å²) in [6, 6.07) is 35.3. The van der Waals surface area contributed by atoms with Crippen molar-refractivity contribution in [1.29, 1.82) is 0 Å². The molecule has 0 aliphatic carbocycles. The van der Waals surface area contributed by atoms with Crippen molar-refractivity contribution in [3.63, 3.8) is 0 Å². The van der Waals surface area contributed by atoms with E-state index in [1.807, 2.05) is 42.5 Å². The molecule has 0 fully saturated rings. The molecule has 0 atom stereocenters. The lowest BCUT2D eigenvalue weighted by atomic mass is 10.1. The Morgan fingerprint density at radius 1 is 0.545 bits per heavy atom. The third kappa shape index (κ3) is 5.21. The van der Waals surface area contributed by atoms with E-state index in [9.17, 15) is 0 Å². The summed E-state index contributed by atoms with van der Waals surface area (Å²) in [6.07, 6.45) is 0. The van der Waals surface area contributed by atoms with Crippen molar-refractivity contribution in [2.24, 2.45) is 0 Å². The summed E-state index contributed by atoms with van der Waals surface area (Å²) < 4.78 is 2.41. The summed E-state index contributed by atoms with van der Waals surface area (Å²) in [6.45, 7) is 0. The van der Waals surface area contributed by atoms with Gasteiger partial charge in [-0.25, -0.2) is 4.98 Å². The van der Waals surface area contributed by atoms with Crippen LogP contribution in [0, 0.1) is 19.0 Å². The molecule has 5 aromatic rings. The molecule has 1 aromatic heterocycles. The number of aromatic amines is 1. The highest BCUT2D eigenvalue weighted by molar-refractivity contribution is 14.1. The van der Waals surface area contributed by atoms with Crippen LogP contribution in [-0.4, -0.2) is 9.97 Å². The molecule has 1 heterocycles. The number of benzene rings is 4. The molecule has 0 bridgehead atoms. The van der Waals surface area contributed by atoms with E-state index in [1.54, 1.807) is 0 Å². The Balaban J connectivity index is 1.52. The lowest BCUT2D eigenvalue weighted by Gasteiger charge is -2.04. The fourth-order valence-electron chi connectivity index (χ4n) is 3.53. The molecule has 4 heteroatoms.